The molecular formula is C10H11BrFNO. The number of hydrogen-bond donors (Lipinski definition) is 1. The van der Waals surface area contributed by atoms with Gasteiger partial charge in [-0.3, -0.25) is 4.79 Å². The number of benzene rings is 1. The summed E-state index contributed by atoms with van der Waals surface area (Å²) in [6.45, 7) is 1.92. The van der Waals surface area contributed by atoms with E-state index in [4.69, 9.17) is 0 Å². The average Bonchev–Trinajstić information content (AvgIpc) is 2.12. The van der Waals surface area contributed by atoms with E-state index in [1.54, 1.807) is 6.07 Å². The smallest absolute Gasteiger partial charge is 0.224 e. The van der Waals surface area contributed by atoms with E-state index in [0.717, 1.165) is 6.42 Å². The average molecular weight is 260 g/mol. The van der Waals surface area contributed by atoms with E-state index < -0.39 is 0 Å². The number of carbonyl (C=O) groups excluding carboxylic acids is 1. The summed E-state index contributed by atoms with van der Waals surface area (Å²) in [5.74, 6) is -0.459. The normalized spacial score (nSPS) is 9.93. The molecule has 0 unspecified atom stereocenters. The lowest BCUT2D eigenvalue weighted by Crippen LogP contribution is -2.11. The van der Waals surface area contributed by atoms with Crippen LogP contribution in [-0.2, 0) is 4.79 Å². The van der Waals surface area contributed by atoms with E-state index >= 15 is 0 Å². The highest BCUT2D eigenvalue weighted by atomic mass is 79.9. The predicted octanol–water partition coefficient (Wildman–Crippen LogP) is 3.33. The number of rotatable bonds is 3. The first-order valence-electron chi connectivity index (χ1n) is 4.38. The molecule has 0 aliphatic rings. The van der Waals surface area contributed by atoms with Gasteiger partial charge < -0.3 is 5.32 Å². The summed E-state index contributed by atoms with van der Waals surface area (Å²) >= 11 is 3.23. The molecule has 0 bridgehead atoms. The number of carbonyl (C=O) groups is 1. The fraction of sp³-hybridized carbons (Fsp3) is 0.300. The van der Waals surface area contributed by atoms with E-state index in [1.165, 1.54) is 12.1 Å². The van der Waals surface area contributed by atoms with Crippen molar-refractivity contribution in [1.82, 2.24) is 0 Å². The van der Waals surface area contributed by atoms with Gasteiger partial charge in [0, 0.05) is 10.9 Å². The van der Waals surface area contributed by atoms with Gasteiger partial charge in [-0.05, 0) is 40.5 Å². The lowest BCUT2D eigenvalue weighted by molar-refractivity contribution is -0.116. The van der Waals surface area contributed by atoms with E-state index in [9.17, 15) is 9.18 Å². The molecule has 0 saturated heterocycles. The van der Waals surface area contributed by atoms with Crippen molar-refractivity contribution < 1.29 is 9.18 Å². The molecule has 0 fully saturated rings. The number of halogens is 2. The first kappa shape index (κ1) is 11.2. The van der Waals surface area contributed by atoms with Gasteiger partial charge in [-0.15, -0.1) is 0 Å². The van der Waals surface area contributed by atoms with Crippen molar-refractivity contribution in [3.63, 3.8) is 0 Å². The third-order valence-electron chi connectivity index (χ3n) is 1.68. The Morgan fingerprint density at radius 2 is 2.29 bits per heavy atom. The summed E-state index contributed by atoms with van der Waals surface area (Å²) in [5.41, 5.74) is 0.475. The highest BCUT2D eigenvalue weighted by Crippen LogP contribution is 2.23. The second-order valence-electron chi connectivity index (χ2n) is 2.92. The standard InChI is InChI=1S/C10H11BrFNO/c1-2-3-10(14)13-9-6-7(12)4-5-8(9)11/h4-6H,2-3H2,1H3,(H,13,14). The van der Waals surface area contributed by atoms with Gasteiger partial charge in [0.25, 0.3) is 0 Å². The maximum Gasteiger partial charge on any atom is 0.224 e. The Morgan fingerprint density at radius 1 is 1.57 bits per heavy atom. The molecule has 1 aromatic carbocycles. The molecule has 0 aromatic heterocycles. The minimum Gasteiger partial charge on any atom is -0.325 e. The molecule has 0 aliphatic heterocycles. The lowest BCUT2D eigenvalue weighted by Gasteiger charge is -2.06. The summed E-state index contributed by atoms with van der Waals surface area (Å²) in [4.78, 5) is 11.2. The Morgan fingerprint density at radius 3 is 2.93 bits per heavy atom. The van der Waals surface area contributed by atoms with Crippen molar-refractivity contribution >= 4 is 27.5 Å². The third-order valence-corrected chi connectivity index (χ3v) is 2.37. The minimum atomic E-state index is -0.361. The molecule has 0 saturated carbocycles. The molecule has 0 spiro atoms. The molecule has 1 aromatic rings. The number of amides is 1. The summed E-state index contributed by atoms with van der Waals surface area (Å²) in [5, 5.41) is 2.63. The highest BCUT2D eigenvalue weighted by Gasteiger charge is 2.05. The Bertz CT molecular complexity index is 341. The molecule has 4 heteroatoms. The Kier molecular flexibility index (Phi) is 4.07. The number of hydrogen-bond acceptors (Lipinski definition) is 1. The fourth-order valence-corrected chi connectivity index (χ4v) is 1.38. The van der Waals surface area contributed by atoms with Crippen LogP contribution in [0, 0.1) is 5.82 Å². The summed E-state index contributed by atoms with van der Waals surface area (Å²) < 4.78 is 13.5. The van der Waals surface area contributed by atoms with Crippen LogP contribution < -0.4 is 5.32 Å². The molecule has 1 rings (SSSR count). The molecule has 76 valence electrons. The van der Waals surface area contributed by atoms with E-state index in [-0.39, 0.29) is 11.7 Å². The van der Waals surface area contributed by atoms with Crippen LogP contribution in [-0.4, -0.2) is 5.91 Å². The first-order chi connectivity index (χ1) is 6.63. The van der Waals surface area contributed by atoms with E-state index in [2.05, 4.69) is 21.2 Å². The molecule has 0 atom stereocenters. The summed E-state index contributed by atoms with van der Waals surface area (Å²) in [7, 11) is 0. The second-order valence-corrected chi connectivity index (χ2v) is 3.78. The third kappa shape index (κ3) is 3.10. The van der Waals surface area contributed by atoms with Crippen molar-refractivity contribution in [3.8, 4) is 0 Å². The largest absolute Gasteiger partial charge is 0.325 e. The first-order valence-corrected chi connectivity index (χ1v) is 5.17. The predicted molar refractivity (Wildman–Crippen MR) is 57.6 cm³/mol. The van der Waals surface area contributed by atoms with Gasteiger partial charge in [-0.2, -0.15) is 0 Å². The van der Waals surface area contributed by atoms with Crippen LogP contribution in [0.4, 0.5) is 10.1 Å². The zero-order valence-corrected chi connectivity index (χ0v) is 9.40. The van der Waals surface area contributed by atoms with Gasteiger partial charge in [0.1, 0.15) is 5.82 Å². The van der Waals surface area contributed by atoms with Crippen molar-refractivity contribution in [2.75, 3.05) is 5.32 Å². The maximum absolute atomic E-state index is 12.8. The SMILES string of the molecule is CCCC(=O)Nc1cc(F)ccc1Br. The van der Waals surface area contributed by atoms with E-state index in [1.807, 2.05) is 6.92 Å². The second kappa shape index (κ2) is 5.10. The lowest BCUT2D eigenvalue weighted by atomic mass is 10.3. The van der Waals surface area contributed by atoms with Crippen LogP contribution in [0.3, 0.4) is 0 Å². The van der Waals surface area contributed by atoms with E-state index in [0.29, 0.717) is 16.6 Å². The van der Waals surface area contributed by atoms with Crippen molar-refractivity contribution in [2.45, 2.75) is 19.8 Å². The van der Waals surface area contributed by atoms with Gasteiger partial charge in [-0.25, -0.2) is 4.39 Å². The zero-order chi connectivity index (χ0) is 10.6. The van der Waals surface area contributed by atoms with Crippen molar-refractivity contribution in [3.05, 3.63) is 28.5 Å². The summed E-state index contributed by atoms with van der Waals surface area (Å²) in [6.07, 6.45) is 1.22. The maximum atomic E-state index is 12.8. The highest BCUT2D eigenvalue weighted by molar-refractivity contribution is 9.10. The molecule has 0 aliphatic carbocycles. The quantitative estimate of drug-likeness (QED) is 0.887. The minimum absolute atomic E-state index is 0.0983. The zero-order valence-electron chi connectivity index (χ0n) is 7.81. The molecule has 2 nitrogen and oxygen atoms in total. The van der Waals surface area contributed by atoms with Gasteiger partial charge >= 0.3 is 0 Å². The van der Waals surface area contributed by atoms with Gasteiger partial charge in [0.2, 0.25) is 5.91 Å². The van der Waals surface area contributed by atoms with Gasteiger partial charge in [0.15, 0.2) is 0 Å². The topological polar surface area (TPSA) is 29.1 Å². The van der Waals surface area contributed by atoms with Crippen molar-refractivity contribution in [2.24, 2.45) is 0 Å². The van der Waals surface area contributed by atoms with Gasteiger partial charge in [0.05, 0.1) is 5.69 Å². The van der Waals surface area contributed by atoms with Crippen LogP contribution in [0.2, 0.25) is 0 Å². The molecule has 0 heterocycles. The molecule has 1 N–H and O–H groups in total. The molecule has 0 radical (unpaired) electrons. The van der Waals surface area contributed by atoms with Gasteiger partial charge in [-0.1, -0.05) is 6.92 Å². The molecular weight excluding hydrogens is 249 g/mol. The van der Waals surface area contributed by atoms with Crippen LogP contribution in [0.5, 0.6) is 0 Å². The number of anilines is 1. The monoisotopic (exact) mass is 259 g/mol. The van der Waals surface area contributed by atoms with Crippen LogP contribution >= 0.6 is 15.9 Å². The van der Waals surface area contributed by atoms with Crippen LogP contribution in [0.25, 0.3) is 0 Å². The molecule has 14 heavy (non-hydrogen) atoms. The number of nitrogens with one attached hydrogen (secondary N) is 1. The van der Waals surface area contributed by atoms with Crippen LogP contribution in [0.1, 0.15) is 19.8 Å². The Hall–Kier alpha value is -0.900. The summed E-state index contributed by atoms with van der Waals surface area (Å²) in [6, 6.07) is 4.19. The Balaban J connectivity index is 2.75. The van der Waals surface area contributed by atoms with Crippen LogP contribution in [0.15, 0.2) is 22.7 Å². The molecule has 1 amide bonds. The fourth-order valence-electron chi connectivity index (χ4n) is 1.03. The Labute approximate surface area is 90.6 Å². The van der Waals surface area contributed by atoms with Crippen molar-refractivity contribution in [1.29, 1.82) is 0 Å².